The Labute approximate surface area is 103 Å². The molecule has 2 N–H and O–H groups in total. The Bertz CT molecular complexity index is 306. The van der Waals surface area contributed by atoms with Gasteiger partial charge in [0.1, 0.15) is 0 Å². The minimum atomic E-state index is -4.72. The predicted octanol–water partition coefficient (Wildman–Crippen LogP) is 1.62. The number of hydrogen-bond acceptors (Lipinski definition) is 3. The van der Waals surface area contributed by atoms with Crippen molar-refractivity contribution in [3.63, 3.8) is 0 Å². The Hall–Kier alpha value is -0.430. The number of thioether (sulfide) groups is 1. The summed E-state index contributed by atoms with van der Waals surface area (Å²) in [5.74, 6) is -0.393. The van der Waals surface area contributed by atoms with Crippen LogP contribution in [0.15, 0.2) is 0 Å². The van der Waals surface area contributed by atoms with Crippen LogP contribution in [0.5, 0.6) is 0 Å². The quantitative estimate of drug-likeness (QED) is 0.787. The van der Waals surface area contributed by atoms with Gasteiger partial charge in [0.15, 0.2) is 5.54 Å². The molecule has 7 heteroatoms. The number of hydrogen-bond donors (Lipinski definition) is 1. The van der Waals surface area contributed by atoms with Crippen molar-refractivity contribution < 1.29 is 18.0 Å². The van der Waals surface area contributed by atoms with E-state index in [1.54, 1.807) is 18.7 Å². The molecule has 0 aromatic heterocycles. The molecule has 0 saturated carbocycles. The van der Waals surface area contributed by atoms with Crippen molar-refractivity contribution in [2.75, 3.05) is 12.3 Å². The molecule has 3 unspecified atom stereocenters. The molecule has 0 aromatic rings. The van der Waals surface area contributed by atoms with Gasteiger partial charge >= 0.3 is 6.18 Å². The standard InChI is InChI=1S/C10H17F3N2OS/c1-6-7(2)17-5-4-15(6)8(16)9(3,14)10(11,12)13/h6-7H,4-5,14H2,1-3H3. The van der Waals surface area contributed by atoms with E-state index in [0.717, 1.165) is 6.92 Å². The molecule has 100 valence electrons. The lowest BCUT2D eigenvalue weighted by molar-refractivity contribution is -0.194. The SMILES string of the molecule is CC1SCCN(C(=O)C(C)(N)C(F)(F)F)C1C. The average Bonchev–Trinajstić information content (AvgIpc) is 2.19. The third-order valence-electron chi connectivity index (χ3n) is 3.18. The van der Waals surface area contributed by atoms with Gasteiger partial charge in [-0.15, -0.1) is 0 Å². The molecular weight excluding hydrogens is 253 g/mol. The van der Waals surface area contributed by atoms with E-state index in [0.29, 0.717) is 12.3 Å². The largest absolute Gasteiger partial charge is 0.415 e. The number of carbonyl (C=O) groups is 1. The van der Waals surface area contributed by atoms with Crippen LogP contribution in [0.2, 0.25) is 0 Å². The summed E-state index contributed by atoms with van der Waals surface area (Å²) in [6.45, 7) is 4.70. The highest BCUT2D eigenvalue weighted by molar-refractivity contribution is 8.00. The number of amides is 1. The van der Waals surface area contributed by atoms with Gasteiger partial charge in [0.2, 0.25) is 0 Å². The van der Waals surface area contributed by atoms with Gasteiger partial charge in [-0.05, 0) is 13.8 Å². The molecule has 1 saturated heterocycles. The molecule has 0 radical (unpaired) electrons. The van der Waals surface area contributed by atoms with Crippen LogP contribution in [0.25, 0.3) is 0 Å². The van der Waals surface area contributed by atoms with Gasteiger partial charge in [0.05, 0.1) is 0 Å². The van der Waals surface area contributed by atoms with Crippen LogP contribution in [-0.2, 0) is 4.79 Å². The lowest BCUT2D eigenvalue weighted by atomic mass is 9.99. The topological polar surface area (TPSA) is 46.3 Å². The molecule has 1 aliphatic heterocycles. The van der Waals surface area contributed by atoms with Crippen LogP contribution in [0.4, 0.5) is 13.2 Å². The zero-order valence-electron chi connectivity index (χ0n) is 10.0. The normalized spacial score (nSPS) is 29.9. The lowest BCUT2D eigenvalue weighted by Crippen LogP contribution is -2.65. The highest BCUT2D eigenvalue weighted by atomic mass is 32.2. The van der Waals surface area contributed by atoms with E-state index in [1.165, 1.54) is 4.90 Å². The Balaban J connectivity index is 2.89. The van der Waals surface area contributed by atoms with Crippen molar-refractivity contribution in [3.05, 3.63) is 0 Å². The summed E-state index contributed by atoms with van der Waals surface area (Å²) in [5, 5.41) is 0.122. The maximum absolute atomic E-state index is 12.7. The third kappa shape index (κ3) is 2.70. The van der Waals surface area contributed by atoms with E-state index in [-0.39, 0.29) is 11.3 Å². The molecular formula is C10H17F3N2OS. The van der Waals surface area contributed by atoms with E-state index in [1.807, 2.05) is 6.92 Å². The first-order valence-electron chi connectivity index (χ1n) is 5.37. The van der Waals surface area contributed by atoms with E-state index in [9.17, 15) is 18.0 Å². The highest BCUT2D eigenvalue weighted by Gasteiger charge is 2.56. The van der Waals surface area contributed by atoms with Gasteiger partial charge in [-0.3, -0.25) is 4.79 Å². The summed E-state index contributed by atoms with van der Waals surface area (Å²) < 4.78 is 38.1. The molecule has 1 fully saturated rings. The summed E-state index contributed by atoms with van der Waals surface area (Å²) >= 11 is 1.65. The number of halogens is 3. The lowest BCUT2D eigenvalue weighted by Gasteiger charge is -2.41. The monoisotopic (exact) mass is 270 g/mol. The maximum Gasteiger partial charge on any atom is 0.415 e. The number of carbonyl (C=O) groups excluding carboxylic acids is 1. The van der Waals surface area contributed by atoms with Crippen molar-refractivity contribution in [1.29, 1.82) is 0 Å². The second-order valence-electron chi connectivity index (χ2n) is 4.52. The third-order valence-corrected chi connectivity index (χ3v) is 4.52. The molecule has 1 amide bonds. The number of nitrogens with zero attached hydrogens (tertiary/aromatic N) is 1. The van der Waals surface area contributed by atoms with Crippen LogP contribution in [0, 0.1) is 0 Å². The van der Waals surface area contributed by atoms with Crippen molar-refractivity contribution in [3.8, 4) is 0 Å². The number of rotatable bonds is 1. The Kier molecular flexibility index (Phi) is 4.03. The molecule has 1 aliphatic rings. The highest BCUT2D eigenvalue weighted by Crippen LogP contribution is 2.32. The van der Waals surface area contributed by atoms with Crippen LogP contribution in [0.3, 0.4) is 0 Å². The molecule has 0 aromatic carbocycles. The summed E-state index contributed by atoms with van der Waals surface area (Å²) in [4.78, 5) is 13.1. The molecule has 0 spiro atoms. The molecule has 1 heterocycles. The molecule has 17 heavy (non-hydrogen) atoms. The Morgan fingerprint density at radius 1 is 1.41 bits per heavy atom. The summed E-state index contributed by atoms with van der Waals surface area (Å²) in [6.07, 6.45) is -4.72. The average molecular weight is 270 g/mol. The maximum atomic E-state index is 12.7. The minimum absolute atomic E-state index is 0.122. The zero-order valence-corrected chi connectivity index (χ0v) is 10.9. The summed E-state index contributed by atoms with van der Waals surface area (Å²) in [7, 11) is 0. The Morgan fingerprint density at radius 2 is 1.94 bits per heavy atom. The predicted molar refractivity (Wildman–Crippen MR) is 61.7 cm³/mol. The second kappa shape index (κ2) is 4.68. The summed E-state index contributed by atoms with van der Waals surface area (Å²) in [5.41, 5.74) is 2.35. The van der Waals surface area contributed by atoms with E-state index in [2.05, 4.69) is 0 Å². The summed E-state index contributed by atoms with van der Waals surface area (Å²) in [6, 6.07) is -0.230. The van der Waals surface area contributed by atoms with Gasteiger partial charge < -0.3 is 10.6 Å². The van der Waals surface area contributed by atoms with E-state index < -0.39 is 17.6 Å². The molecule has 1 rings (SSSR count). The van der Waals surface area contributed by atoms with Gasteiger partial charge in [-0.1, -0.05) is 6.92 Å². The van der Waals surface area contributed by atoms with Crippen LogP contribution in [0.1, 0.15) is 20.8 Å². The molecule has 0 bridgehead atoms. The van der Waals surface area contributed by atoms with Crippen molar-refractivity contribution in [2.45, 2.75) is 43.8 Å². The van der Waals surface area contributed by atoms with Gasteiger partial charge in [-0.25, -0.2) is 0 Å². The zero-order chi connectivity index (χ0) is 13.4. The van der Waals surface area contributed by atoms with E-state index >= 15 is 0 Å². The van der Waals surface area contributed by atoms with Crippen molar-refractivity contribution in [2.24, 2.45) is 5.73 Å². The molecule has 3 nitrogen and oxygen atoms in total. The number of nitrogens with two attached hydrogens (primary N) is 1. The number of alkyl halides is 3. The fraction of sp³-hybridized carbons (Fsp3) is 0.900. The molecule has 0 aliphatic carbocycles. The van der Waals surface area contributed by atoms with Crippen LogP contribution in [-0.4, -0.2) is 46.1 Å². The van der Waals surface area contributed by atoms with Gasteiger partial charge in [-0.2, -0.15) is 24.9 Å². The minimum Gasteiger partial charge on any atom is -0.336 e. The first-order valence-corrected chi connectivity index (χ1v) is 6.42. The fourth-order valence-corrected chi connectivity index (χ4v) is 2.74. The smallest absolute Gasteiger partial charge is 0.336 e. The first kappa shape index (κ1) is 14.6. The van der Waals surface area contributed by atoms with E-state index in [4.69, 9.17) is 5.73 Å². The fourth-order valence-electron chi connectivity index (χ4n) is 1.64. The first-order chi connectivity index (χ1) is 7.59. The van der Waals surface area contributed by atoms with Crippen molar-refractivity contribution in [1.82, 2.24) is 4.90 Å². The molecule has 3 atom stereocenters. The van der Waals surface area contributed by atoms with Crippen LogP contribution < -0.4 is 5.73 Å². The van der Waals surface area contributed by atoms with Crippen LogP contribution >= 0.6 is 11.8 Å². The van der Waals surface area contributed by atoms with Gasteiger partial charge in [0.25, 0.3) is 5.91 Å². The Morgan fingerprint density at radius 3 is 2.41 bits per heavy atom. The second-order valence-corrected chi connectivity index (χ2v) is 6.00. The van der Waals surface area contributed by atoms with Crippen molar-refractivity contribution >= 4 is 17.7 Å². The van der Waals surface area contributed by atoms with Gasteiger partial charge in [0, 0.05) is 23.6 Å².